The van der Waals surface area contributed by atoms with Crippen LogP contribution in [0.25, 0.3) is 0 Å². The van der Waals surface area contributed by atoms with Crippen molar-refractivity contribution in [1.82, 2.24) is 14.8 Å². The number of hydrogen-bond donors (Lipinski definition) is 2. The molecule has 164 valence electrons. The Hall–Kier alpha value is -3.21. The van der Waals surface area contributed by atoms with Crippen LogP contribution in [0.2, 0.25) is 0 Å². The van der Waals surface area contributed by atoms with E-state index in [0.717, 1.165) is 49.8 Å². The summed E-state index contributed by atoms with van der Waals surface area (Å²) in [5.41, 5.74) is 0.991. The molecule has 8 nitrogen and oxygen atoms in total. The number of rotatable bonds is 6. The molecular formula is C20H22F2N6O2S. The Morgan fingerprint density at radius 2 is 1.97 bits per heavy atom. The van der Waals surface area contributed by atoms with E-state index in [-0.39, 0.29) is 16.6 Å². The summed E-state index contributed by atoms with van der Waals surface area (Å²) < 4.78 is 55.4. The second-order valence-corrected chi connectivity index (χ2v) is 9.10. The fourth-order valence-corrected chi connectivity index (χ4v) is 4.50. The van der Waals surface area contributed by atoms with Gasteiger partial charge in [-0.15, -0.1) is 0 Å². The predicted octanol–water partition coefficient (Wildman–Crippen LogP) is 2.98. The van der Waals surface area contributed by atoms with E-state index in [1.807, 2.05) is 19.4 Å². The molecule has 1 atom stereocenters. The van der Waals surface area contributed by atoms with E-state index in [1.54, 1.807) is 10.7 Å². The van der Waals surface area contributed by atoms with Gasteiger partial charge in [-0.25, -0.2) is 22.2 Å². The van der Waals surface area contributed by atoms with E-state index in [9.17, 15) is 17.2 Å². The van der Waals surface area contributed by atoms with Gasteiger partial charge in [-0.3, -0.25) is 9.40 Å². The molecule has 1 saturated heterocycles. The molecular weight excluding hydrogens is 426 g/mol. The molecule has 31 heavy (non-hydrogen) atoms. The van der Waals surface area contributed by atoms with Crippen molar-refractivity contribution < 1.29 is 17.2 Å². The van der Waals surface area contributed by atoms with Crippen molar-refractivity contribution in [3.63, 3.8) is 0 Å². The number of aromatic nitrogens is 3. The Labute approximate surface area is 179 Å². The van der Waals surface area contributed by atoms with Crippen molar-refractivity contribution in [3.05, 3.63) is 60.6 Å². The first kappa shape index (κ1) is 21.0. The number of sulfonamides is 1. The fraction of sp³-hybridized carbons (Fsp3) is 0.300. The quantitative estimate of drug-likeness (QED) is 0.603. The fourth-order valence-electron chi connectivity index (χ4n) is 3.51. The van der Waals surface area contributed by atoms with Crippen LogP contribution < -0.4 is 14.9 Å². The van der Waals surface area contributed by atoms with E-state index in [0.29, 0.717) is 5.82 Å². The zero-order valence-corrected chi connectivity index (χ0v) is 17.6. The normalized spacial score (nSPS) is 16.9. The lowest BCUT2D eigenvalue weighted by atomic mass is 10.1. The molecule has 0 amide bonds. The van der Waals surface area contributed by atoms with Gasteiger partial charge in [0.2, 0.25) is 0 Å². The molecule has 3 aromatic rings. The highest BCUT2D eigenvalue weighted by Gasteiger charge is 2.22. The van der Waals surface area contributed by atoms with Crippen molar-refractivity contribution in [2.45, 2.75) is 23.8 Å². The van der Waals surface area contributed by atoms with Gasteiger partial charge in [0, 0.05) is 44.6 Å². The number of nitrogens with one attached hydrogen (secondary N) is 2. The van der Waals surface area contributed by atoms with Crippen molar-refractivity contribution in [2.75, 3.05) is 28.0 Å². The number of aryl methyl sites for hydroxylation is 1. The molecule has 1 aliphatic rings. The summed E-state index contributed by atoms with van der Waals surface area (Å²) in [6.07, 6.45) is 7.01. The van der Waals surface area contributed by atoms with Crippen LogP contribution in [0, 0.1) is 11.6 Å². The lowest BCUT2D eigenvalue weighted by Gasteiger charge is -2.34. The number of piperidine rings is 1. The van der Waals surface area contributed by atoms with Crippen molar-refractivity contribution >= 4 is 27.2 Å². The number of pyridine rings is 1. The van der Waals surface area contributed by atoms with E-state index < -0.39 is 21.7 Å². The maximum absolute atomic E-state index is 13.3. The number of nitrogens with zero attached hydrogens (tertiary/aromatic N) is 4. The molecule has 0 bridgehead atoms. The van der Waals surface area contributed by atoms with Gasteiger partial charge in [0.25, 0.3) is 10.0 Å². The van der Waals surface area contributed by atoms with Crippen molar-refractivity contribution in [1.29, 1.82) is 0 Å². The molecule has 0 spiro atoms. The molecule has 2 aromatic heterocycles. The summed E-state index contributed by atoms with van der Waals surface area (Å²) in [5.74, 6) is -1.62. The Balaban J connectivity index is 1.41. The molecule has 3 heterocycles. The zero-order valence-electron chi connectivity index (χ0n) is 16.8. The Morgan fingerprint density at radius 1 is 1.13 bits per heavy atom. The standard InChI is InChI=1S/C20H22F2N6O2S/c1-27-13-16(10-24-27)28-8-2-3-15(12-28)25-20-7-5-17(11-23-20)31(29,30)26-14-4-6-18(21)19(22)9-14/h4-7,9-11,13,15,26H,2-3,8,12H2,1H3,(H,23,25). The summed E-state index contributed by atoms with van der Waals surface area (Å²) in [5, 5.41) is 7.56. The minimum absolute atomic E-state index is 0.0706. The van der Waals surface area contributed by atoms with Crippen molar-refractivity contribution in [3.8, 4) is 0 Å². The van der Waals surface area contributed by atoms with E-state index in [2.05, 4.69) is 25.0 Å². The number of anilines is 3. The molecule has 0 saturated carbocycles. The maximum Gasteiger partial charge on any atom is 0.263 e. The number of halogens is 2. The van der Waals surface area contributed by atoms with Crippen molar-refractivity contribution in [2.24, 2.45) is 7.05 Å². The summed E-state index contributed by atoms with van der Waals surface area (Å²) in [6, 6.07) is 5.95. The van der Waals surface area contributed by atoms with E-state index >= 15 is 0 Å². The van der Waals surface area contributed by atoms with Crippen LogP contribution in [-0.2, 0) is 17.1 Å². The topological polar surface area (TPSA) is 92.1 Å². The van der Waals surface area contributed by atoms with Gasteiger partial charge >= 0.3 is 0 Å². The molecule has 1 unspecified atom stereocenters. The van der Waals surface area contributed by atoms with Gasteiger partial charge in [-0.05, 0) is 37.1 Å². The minimum atomic E-state index is -3.98. The highest BCUT2D eigenvalue weighted by molar-refractivity contribution is 7.92. The first-order valence-electron chi connectivity index (χ1n) is 9.74. The summed E-state index contributed by atoms with van der Waals surface area (Å²) in [6.45, 7) is 1.73. The third-order valence-corrected chi connectivity index (χ3v) is 6.41. The average molecular weight is 448 g/mol. The highest BCUT2D eigenvalue weighted by Crippen LogP contribution is 2.22. The first-order chi connectivity index (χ1) is 14.8. The summed E-state index contributed by atoms with van der Waals surface area (Å²) in [4.78, 5) is 6.38. The lowest BCUT2D eigenvalue weighted by molar-refractivity contribution is 0.509. The van der Waals surface area contributed by atoms with Crippen LogP contribution in [0.3, 0.4) is 0 Å². The Bertz CT molecular complexity index is 1170. The molecule has 0 aliphatic carbocycles. The van der Waals surface area contributed by atoms with E-state index in [4.69, 9.17) is 0 Å². The van der Waals surface area contributed by atoms with Gasteiger partial charge < -0.3 is 10.2 Å². The predicted molar refractivity (Wildman–Crippen MR) is 113 cm³/mol. The number of hydrogen-bond acceptors (Lipinski definition) is 6. The van der Waals surface area contributed by atoms with Gasteiger partial charge in [0.15, 0.2) is 11.6 Å². The Morgan fingerprint density at radius 3 is 2.65 bits per heavy atom. The molecule has 1 aromatic carbocycles. The molecule has 11 heteroatoms. The van der Waals surface area contributed by atoms with E-state index in [1.165, 1.54) is 12.3 Å². The van der Waals surface area contributed by atoms with Crippen LogP contribution in [0.4, 0.5) is 26.0 Å². The Kier molecular flexibility index (Phi) is 5.77. The monoisotopic (exact) mass is 448 g/mol. The van der Waals surface area contributed by atoms with Crippen LogP contribution in [0.15, 0.2) is 53.8 Å². The van der Waals surface area contributed by atoms with Crippen LogP contribution in [0.1, 0.15) is 12.8 Å². The largest absolute Gasteiger partial charge is 0.367 e. The SMILES string of the molecule is Cn1cc(N2CCCC(Nc3ccc(S(=O)(=O)Nc4ccc(F)c(F)c4)cn3)C2)cn1. The average Bonchev–Trinajstić information content (AvgIpc) is 3.18. The second-order valence-electron chi connectivity index (χ2n) is 7.42. The van der Waals surface area contributed by atoms with Crippen LogP contribution >= 0.6 is 0 Å². The van der Waals surface area contributed by atoms with Crippen LogP contribution in [-0.4, -0.2) is 42.3 Å². The lowest BCUT2D eigenvalue weighted by Crippen LogP contribution is -2.42. The minimum Gasteiger partial charge on any atom is -0.367 e. The van der Waals surface area contributed by atoms with Crippen LogP contribution in [0.5, 0.6) is 0 Å². The smallest absolute Gasteiger partial charge is 0.263 e. The third-order valence-electron chi connectivity index (χ3n) is 5.05. The number of benzene rings is 1. The molecule has 1 fully saturated rings. The van der Waals surface area contributed by atoms with Gasteiger partial charge in [0.1, 0.15) is 10.7 Å². The summed E-state index contributed by atoms with van der Waals surface area (Å²) in [7, 11) is -2.10. The maximum atomic E-state index is 13.3. The molecule has 0 radical (unpaired) electrons. The molecule has 4 rings (SSSR count). The van der Waals surface area contributed by atoms with Gasteiger partial charge in [0.05, 0.1) is 17.6 Å². The van der Waals surface area contributed by atoms with Gasteiger partial charge in [-0.2, -0.15) is 5.10 Å². The molecule has 2 N–H and O–H groups in total. The zero-order chi connectivity index (χ0) is 22.0. The highest BCUT2D eigenvalue weighted by atomic mass is 32.2. The molecule has 1 aliphatic heterocycles. The summed E-state index contributed by atoms with van der Waals surface area (Å²) >= 11 is 0. The second kappa shape index (κ2) is 8.50. The first-order valence-corrected chi connectivity index (χ1v) is 11.2. The third kappa shape index (κ3) is 4.93. The van der Waals surface area contributed by atoms with Gasteiger partial charge in [-0.1, -0.05) is 0 Å².